The van der Waals surface area contributed by atoms with E-state index in [1.165, 1.54) is 4.57 Å². The summed E-state index contributed by atoms with van der Waals surface area (Å²) >= 11 is 1.65. The van der Waals surface area contributed by atoms with Crippen LogP contribution >= 0.6 is 11.8 Å². The van der Waals surface area contributed by atoms with Crippen LogP contribution < -0.4 is 30.9 Å². The van der Waals surface area contributed by atoms with Crippen LogP contribution in [0.2, 0.25) is 0 Å². The first kappa shape index (κ1) is 25.7. The van der Waals surface area contributed by atoms with Crippen molar-refractivity contribution in [3.05, 3.63) is 50.3 Å². The van der Waals surface area contributed by atoms with Gasteiger partial charge in [0.2, 0.25) is 11.8 Å². The molecule has 0 spiro atoms. The average molecular weight is 518 g/mol. The fourth-order valence-corrected chi connectivity index (χ4v) is 5.48. The number of thioether (sulfide) groups is 1. The molecule has 11 nitrogen and oxygen atoms in total. The molecule has 2 aliphatic heterocycles. The molecule has 0 unspecified atom stereocenters. The van der Waals surface area contributed by atoms with Gasteiger partial charge in [-0.15, -0.1) is 0 Å². The van der Waals surface area contributed by atoms with Crippen molar-refractivity contribution in [2.75, 3.05) is 57.6 Å². The molecule has 1 aromatic carbocycles. The van der Waals surface area contributed by atoms with Gasteiger partial charge in [-0.3, -0.25) is 23.9 Å². The number of nitrogens with zero attached hydrogens (tertiary/aromatic N) is 3. The average Bonchev–Trinajstić information content (AvgIpc) is 2.91. The number of carbonyl (C=O) groups excluding carboxylic acids is 2. The molecular weight excluding hydrogens is 486 g/mol. The van der Waals surface area contributed by atoms with Gasteiger partial charge in [0.1, 0.15) is 0 Å². The van der Waals surface area contributed by atoms with Crippen molar-refractivity contribution in [1.29, 1.82) is 0 Å². The van der Waals surface area contributed by atoms with Gasteiger partial charge in [-0.25, -0.2) is 4.79 Å². The number of rotatable bonds is 8. The number of methoxy groups -OCH3 is 2. The number of aromatic amines is 1. The van der Waals surface area contributed by atoms with E-state index in [0.29, 0.717) is 61.1 Å². The van der Waals surface area contributed by atoms with Crippen LogP contribution in [0.5, 0.6) is 11.5 Å². The second-order valence-corrected chi connectivity index (χ2v) is 9.68. The van der Waals surface area contributed by atoms with E-state index in [1.54, 1.807) is 30.9 Å². The number of anilines is 1. The summed E-state index contributed by atoms with van der Waals surface area (Å²) in [5.74, 6) is 2.24. The topological polar surface area (TPSA) is 126 Å². The van der Waals surface area contributed by atoms with Crippen molar-refractivity contribution in [3.8, 4) is 11.5 Å². The maximum atomic E-state index is 12.6. The second kappa shape index (κ2) is 11.5. The molecule has 1 saturated heterocycles. The van der Waals surface area contributed by atoms with Gasteiger partial charge < -0.3 is 24.6 Å². The Morgan fingerprint density at radius 3 is 2.56 bits per heavy atom. The van der Waals surface area contributed by atoms with Crippen LogP contribution in [0.4, 0.5) is 5.69 Å². The van der Waals surface area contributed by atoms with Crippen LogP contribution in [0.25, 0.3) is 0 Å². The summed E-state index contributed by atoms with van der Waals surface area (Å²) < 4.78 is 12.1. The summed E-state index contributed by atoms with van der Waals surface area (Å²) in [5, 5.41) is 2.67. The Balaban J connectivity index is 1.25. The predicted molar refractivity (Wildman–Crippen MR) is 137 cm³/mol. The van der Waals surface area contributed by atoms with Gasteiger partial charge in [-0.2, -0.15) is 11.8 Å². The largest absolute Gasteiger partial charge is 0.493 e. The van der Waals surface area contributed by atoms with E-state index < -0.39 is 5.69 Å². The fraction of sp³-hybridized carbons (Fsp3) is 0.500. The Hall–Kier alpha value is -3.41. The van der Waals surface area contributed by atoms with Gasteiger partial charge in [-0.05, 0) is 24.3 Å². The summed E-state index contributed by atoms with van der Waals surface area (Å²) in [4.78, 5) is 55.6. The highest BCUT2D eigenvalue weighted by atomic mass is 32.2. The summed E-state index contributed by atoms with van der Waals surface area (Å²) in [5.41, 5.74) is 1.46. The molecule has 3 heterocycles. The van der Waals surface area contributed by atoms with E-state index in [1.807, 2.05) is 18.2 Å². The van der Waals surface area contributed by atoms with Crippen LogP contribution in [-0.2, 0) is 28.3 Å². The number of fused-ring (bicyclic) bond motifs is 1. The van der Waals surface area contributed by atoms with E-state index in [-0.39, 0.29) is 36.9 Å². The molecule has 0 aliphatic carbocycles. The number of ether oxygens (including phenoxy) is 2. The molecule has 0 radical (unpaired) electrons. The number of aromatic nitrogens is 2. The minimum Gasteiger partial charge on any atom is -0.493 e. The molecule has 1 aromatic heterocycles. The first-order chi connectivity index (χ1) is 17.4. The molecule has 2 aromatic rings. The Morgan fingerprint density at radius 1 is 1.08 bits per heavy atom. The monoisotopic (exact) mass is 517 g/mol. The van der Waals surface area contributed by atoms with Crippen LogP contribution in [0.1, 0.15) is 17.7 Å². The van der Waals surface area contributed by atoms with Crippen LogP contribution in [0, 0.1) is 0 Å². The van der Waals surface area contributed by atoms with Crippen molar-refractivity contribution in [1.82, 2.24) is 19.8 Å². The lowest BCUT2D eigenvalue weighted by atomic mass is 10.2. The van der Waals surface area contributed by atoms with Crippen molar-refractivity contribution in [3.63, 3.8) is 0 Å². The fourth-order valence-electron chi connectivity index (χ4n) is 4.49. The molecular formula is C24H31N5O6S. The van der Waals surface area contributed by atoms with Crippen LogP contribution in [-0.4, -0.2) is 79.0 Å². The zero-order chi connectivity index (χ0) is 25.7. The quantitative estimate of drug-likeness (QED) is 0.509. The van der Waals surface area contributed by atoms with Crippen LogP contribution in [0.15, 0.2) is 27.8 Å². The standard InChI is InChI=1S/C24H31N5O6S/c1-34-19-4-3-16(13-20(19)35-2)27-8-10-28(11-9-27)22(31)14-25-21(30)5-7-29-18-6-12-36-15-17(18)23(32)26-24(29)33/h3-4,13H,5-12,14-15H2,1-2H3,(H,25,30)(H,26,32,33). The number of hydrogen-bond donors (Lipinski definition) is 2. The minimum absolute atomic E-state index is 0.0475. The molecule has 0 atom stereocenters. The van der Waals surface area contributed by atoms with Gasteiger partial charge in [-0.1, -0.05) is 0 Å². The number of piperazine rings is 1. The van der Waals surface area contributed by atoms with Crippen LogP contribution in [0.3, 0.4) is 0 Å². The predicted octanol–water partition coefficient (Wildman–Crippen LogP) is 0.198. The Morgan fingerprint density at radius 2 is 1.83 bits per heavy atom. The Bertz CT molecular complexity index is 1230. The highest BCUT2D eigenvalue weighted by Crippen LogP contribution is 2.31. The van der Waals surface area contributed by atoms with Gasteiger partial charge >= 0.3 is 5.69 Å². The normalized spacial score (nSPS) is 15.3. The number of carbonyl (C=O) groups is 2. The third-order valence-corrected chi connectivity index (χ3v) is 7.49. The number of benzene rings is 1. The van der Waals surface area contributed by atoms with E-state index in [9.17, 15) is 19.2 Å². The van der Waals surface area contributed by atoms with Crippen molar-refractivity contribution in [2.24, 2.45) is 0 Å². The molecule has 12 heteroatoms. The summed E-state index contributed by atoms with van der Waals surface area (Å²) in [7, 11) is 3.19. The first-order valence-corrected chi connectivity index (χ1v) is 13.0. The van der Waals surface area contributed by atoms with E-state index >= 15 is 0 Å². The lowest BCUT2D eigenvalue weighted by Gasteiger charge is -2.36. The molecule has 194 valence electrons. The molecule has 36 heavy (non-hydrogen) atoms. The van der Waals surface area contributed by atoms with Gasteiger partial charge in [0.15, 0.2) is 11.5 Å². The third-order valence-electron chi connectivity index (χ3n) is 6.51. The number of H-pyrrole nitrogens is 1. The zero-order valence-electron chi connectivity index (χ0n) is 20.5. The van der Waals surface area contributed by atoms with E-state index in [0.717, 1.165) is 11.4 Å². The maximum Gasteiger partial charge on any atom is 0.328 e. The third kappa shape index (κ3) is 5.69. The summed E-state index contributed by atoms with van der Waals surface area (Å²) in [6.45, 7) is 2.47. The van der Waals surface area contributed by atoms with Crippen molar-refractivity contribution >= 4 is 29.3 Å². The lowest BCUT2D eigenvalue weighted by Crippen LogP contribution is -2.51. The molecule has 4 rings (SSSR count). The highest BCUT2D eigenvalue weighted by molar-refractivity contribution is 7.98. The number of amides is 2. The molecule has 2 aliphatic rings. The SMILES string of the molecule is COc1ccc(N2CCN(C(=O)CNC(=O)CCn3c4c(c(=O)[nH]c3=O)CSCC4)CC2)cc1OC. The van der Waals surface area contributed by atoms with Gasteiger partial charge in [0, 0.05) is 67.9 Å². The Kier molecular flexibility index (Phi) is 8.24. The van der Waals surface area contributed by atoms with E-state index in [2.05, 4.69) is 15.2 Å². The molecule has 0 bridgehead atoms. The number of hydrogen-bond acceptors (Lipinski definition) is 8. The molecule has 2 amide bonds. The molecule has 0 saturated carbocycles. The molecule has 1 fully saturated rings. The highest BCUT2D eigenvalue weighted by Gasteiger charge is 2.23. The number of nitrogens with one attached hydrogen (secondary N) is 2. The Labute approximate surface area is 212 Å². The maximum absolute atomic E-state index is 12.6. The zero-order valence-corrected chi connectivity index (χ0v) is 21.3. The smallest absolute Gasteiger partial charge is 0.328 e. The van der Waals surface area contributed by atoms with E-state index in [4.69, 9.17) is 9.47 Å². The van der Waals surface area contributed by atoms with Crippen molar-refractivity contribution < 1.29 is 19.1 Å². The van der Waals surface area contributed by atoms with Gasteiger partial charge in [0.25, 0.3) is 5.56 Å². The summed E-state index contributed by atoms with van der Waals surface area (Å²) in [6.07, 6.45) is 0.667. The lowest BCUT2D eigenvalue weighted by molar-refractivity contribution is -0.133. The molecule has 2 N–H and O–H groups in total. The second-order valence-electron chi connectivity index (χ2n) is 8.57. The van der Waals surface area contributed by atoms with Gasteiger partial charge in [0.05, 0.1) is 20.8 Å². The first-order valence-electron chi connectivity index (χ1n) is 11.8. The van der Waals surface area contributed by atoms with Crippen molar-refractivity contribution in [2.45, 2.75) is 25.1 Å². The summed E-state index contributed by atoms with van der Waals surface area (Å²) in [6, 6.07) is 5.74. The minimum atomic E-state index is -0.498.